The molecule has 0 radical (unpaired) electrons. The van der Waals surface area contributed by atoms with Gasteiger partial charge in [-0.1, -0.05) is 87.4 Å². The Hall–Kier alpha value is -2.90. The summed E-state index contributed by atoms with van der Waals surface area (Å²) in [5.74, 6) is 0.484. The van der Waals surface area contributed by atoms with Gasteiger partial charge in [0.15, 0.2) is 0 Å². The van der Waals surface area contributed by atoms with Crippen molar-refractivity contribution in [1.82, 2.24) is 4.90 Å². The predicted molar refractivity (Wildman–Crippen MR) is 146 cm³/mol. The number of nitrogens with zero attached hydrogens (tertiary/aromatic N) is 1. The quantitative estimate of drug-likeness (QED) is 0.130. The fourth-order valence-electron chi connectivity index (χ4n) is 4.14. The van der Waals surface area contributed by atoms with Gasteiger partial charge in [0, 0.05) is 17.5 Å². The van der Waals surface area contributed by atoms with Gasteiger partial charge in [0.2, 0.25) is 5.76 Å². The Kier molecular flexibility index (Phi) is 8.08. The standard InChI is InChI=1S/C28H29NO4S2/c1-4-6-9-19(5-2)17-29-26(30)24(35-28(29)34)16-20-12-14-21(15-13-20)32-27(31)25-18(3)22-10-7-8-11-23(22)33-25/h7-8,10-16,19H,4-6,9,17H2,1-3H3/b24-16+. The number of carbonyl (C=O) groups is 2. The fraction of sp³-hybridized carbons (Fsp3) is 0.321. The van der Waals surface area contributed by atoms with Crippen LogP contribution in [-0.2, 0) is 4.79 Å². The van der Waals surface area contributed by atoms with Crippen LogP contribution in [0.2, 0.25) is 0 Å². The van der Waals surface area contributed by atoms with Crippen LogP contribution in [0, 0.1) is 12.8 Å². The van der Waals surface area contributed by atoms with Crippen LogP contribution in [-0.4, -0.2) is 27.6 Å². The summed E-state index contributed by atoms with van der Waals surface area (Å²) in [6.45, 7) is 6.86. The van der Waals surface area contributed by atoms with Crippen molar-refractivity contribution < 1.29 is 18.7 Å². The van der Waals surface area contributed by atoms with E-state index < -0.39 is 5.97 Å². The van der Waals surface area contributed by atoms with E-state index in [9.17, 15) is 9.59 Å². The maximum atomic E-state index is 13.0. The molecule has 1 unspecified atom stereocenters. The number of hydrogen-bond acceptors (Lipinski definition) is 6. The first-order chi connectivity index (χ1) is 16.9. The molecular weight excluding hydrogens is 478 g/mol. The number of hydrogen-bond donors (Lipinski definition) is 0. The Morgan fingerprint density at radius 1 is 1.17 bits per heavy atom. The van der Waals surface area contributed by atoms with Crippen molar-refractivity contribution in [3.05, 3.63) is 70.3 Å². The lowest BCUT2D eigenvalue weighted by atomic mass is 9.99. The van der Waals surface area contributed by atoms with E-state index in [0.29, 0.717) is 33.0 Å². The van der Waals surface area contributed by atoms with Crippen molar-refractivity contribution in [3.63, 3.8) is 0 Å². The van der Waals surface area contributed by atoms with Crippen LogP contribution >= 0.6 is 24.0 Å². The van der Waals surface area contributed by atoms with Crippen molar-refractivity contribution in [3.8, 4) is 5.75 Å². The third kappa shape index (κ3) is 5.68. The minimum absolute atomic E-state index is 0.0363. The van der Waals surface area contributed by atoms with Crippen LogP contribution in [0.5, 0.6) is 5.75 Å². The molecule has 2 aromatic carbocycles. The van der Waals surface area contributed by atoms with Crippen LogP contribution in [0.4, 0.5) is 0 Å². The molecule has 0 aliphatic carbocycles. The van der Waals surface area contributed by atoms with Gasteiger partial charge in [0.05, 0.1) is 4.91 Å². The van der Waals surface area contributed by atoms with Gasteiger partial charge < -0.3 is 9.15 Å². The summed E-state index contributed by atoms with van der Waals surface area (Å²) >= 11 is 6.84. The number of benzene rings is 2. The Labute approximate surface area is 215 Å². The van der Waals surface area contributed by atoms with Crippen LogP contribution in [0.15, 0.2) is 57.9 Å². The number of furan rings is 1. The highest BCUT2D eigenvalue weighted by Gasteiger charge is 2.33. The van der Waals surface area contributed by atoms with Gasteiger partial charge in [0.25, 0.3) is 5.91 Å². The zero-order valence-electron chi connectivity index (χ0n) is 20.2. The zero-order chi connectivity index (χ0) is 24.9. The number of para-hydroxylation sites is 1. The second-order valence-electron chi connectivity index (χ2n) is 8.72. The first-order valence-electron chi connectivity index (χ1n) is 12.0. The van der Waals surface area contributed by atoms with E-state index in [1.165, 1.54) is 11.8 Å². The summed E-state index contributed by atoms with van der Waals surface area (Å²) in [6, 6.07) is 14.6. The monoisotopic (exact) mass is 507 g/mol. The number of fused-ring (bicyclic) bond motifs is 1. The topological polar surface area (TPSA) is 59.8 Å². The molecule has 3 aromatic rings. The number of ether oxygens (including phenoxy) is 1. The maximum absolute atomic E-state index is 13.0. The lowest BCUT2D eigenvalue weighted by Crippen LogP contribution is -2.33. The molecule has 5 nitrogen and oxygen atoms in total. The number of thioether (sulfide) groups is 1. The van der Waals surface area contributed by atoms with E-state index in [4.69, 9.17) is 21.4 Å². The largest absolute Gasteiger partial charge is 0.449 e. The average Bonchev–Trinajstić information content (AvgIpc) is 3.33. The van der Waals surface area contributed by atoms with Crippen LogP contribution in [0.3, 0.4) is 0 Å². The normalized spacial score (nSPS) is 15.9. The average molecular weight is 508 g/mol. The van der Waals surface area contributed by atoms with Crippen molar-refractivity contribution >= 4 is 57.2 Å². The van der Waals surface area contributed by atoms with Crippen molar-refractivity contribution in [2.45, 2.75) is 46.5 Å². The highest BCUT2D eigenvalue weighted by molar-refractivity contribution is 8.26. The summed E-state index contributed by atoms with van der Waals surface area (Å²) in [4.78, 5) is 28.0. The second-order valence-corrected chi connectivity index (χ2v) is 10.4. The molecule has 0 bridgehead atoms. The molecule has 0 N–H and O–H groups in total. The lowest BCUT2D eigenvalue weighted by molar-refractivity contribution is -0.122. The van der Waals surface area contributed by atoms with Gasteiger partial charge in [-0.2, -0.15) is 0 Å². The molecule has 1 amide bonds. The number of esters is 1. The number of amides is 1. The van der Waals surface area contributed by atoms with E-state index in [1.54, 1.807) is 17.0 Å². The molecule has 0 spiro atoms. The van der Waals surface area contributed by atoms with E-state index in [0.717, 1.165) is 42.2 Å². The third-order valence-electron chi connectivity index (χ3n) is 6.28. The molecule has 1 atom stereocenters. The molecule has 1 aromatic heterocycles. The number of carbonyl (C=O) groups excluding carboxylic acids is 2. The van der Waals surface area contributed by atoms with Crippen LogP contribution in [0.1, 0.15) is 61.2 Å². The number of rotatable bonds is 9. The molecular formula is C28H29NO4S2. The van der Waals surface area contributed by atoms with E-state index in [1.807, 2.05) is 49.4 Å². The van der Waals surface area contributed by atoms with Gasteiger partial charge in [-0.05, 0) is 49.1 Å². The molecule has 1 saturated heterocycles. The molecule has 35 heavy (non-hydrogen) atoms. The highest BCUT2D eigenvalue weighted by atomic mass is 32.2. The number of thiocarbonyl (C=S) groups is 1. The van der Waals surface area contributed by atoms with E-state index >= 15 is 0 Å². The van der Waals surface area contributed by atoms with Gasteiger partial charge in [0.1, 0.15) is 15.7 Å². The Bertz CT molecular complexity index is 1280. The first kappa shape index (κ1) is 25.2. The number of unbranched alkanes of at least 4 members (excludes halogenated alkanes) is 1. The molecule has 182 valence electrons. The van der Waals surface area contributed by atoms with Gasteiger partial charge >= 0.3 is 5.97 Å². The summed E-state index contributed by atoms with van der Waals surface area (Å²) in [5, 5.41) is 0.891. The van der Waals surface area contributed by atoms with E-state index in [2.05, 4.69) is 13.8 Å². The first-order valence-corrected chi connectivity index (χ1v) is 13.2. The Morgan fingerprint density at radius 2 is 1.91 bits per heavy atom. The SMILES string of the molecule is CCCCC(CC)CN1C(=O)/C(=C\c2ccc(OC(=O)c3oc4ccccc4c3C)cc2)SC1=S. The van der Waals surface area contributed by atoms with Crippen molar-refractivity contribution in [2.75, 3.05) is 6.54 Å². The predicted octanol–water partition coefficient (Wildman–Crippen LogP) is 7.38. The molecule has 4 rings (SSSR count). The smallest absolute Gasteiger partial charge is 0.379 e. The molecule has 1 aliphatic heterocycles. The summed E-state index contributed by atoms with van der Waals surface area (Å²) in [7, 11) is 0. The van der Waals surface area contributed by atoms with Crippen LogP contribution in [0.25, 0.3) is 17.0 Å². The number of aryl methyl sites for hydroxylation is 1. The molecule has 1 fully saturated rings. The fourth-order valence-corrected chi connectivity index (χ4v) is 5.41. The minimum atomic E-state index is -0.541. The third-order valence-corrected chi connectivity index (χ3v) is 7.65. The summed E-state index contributed by atoms with van der Waals surface area (Å²) in [5.41, 5.74) is 2.24. The minimum Gasteiger partial charge on any atom is -0.449 e. The molecule has 1 aliphatic rings. The van der Waals surface area contributed by atoms with Gasteiger partial charge in [-0.25, -0.2) is 4.79 Å². The highest BCUT2D eigenvalue weighted by Crippen LogP contribution is 2.34. The Morgan fingerprint density at radius 3 is 2.60 bits per heavy atom. The summed E-state index contributed by atoms with van der Waals surface area (Å²) in [6.07, 6.45) is 6.29. The Balaban J connectivity index is 1.42. The van der Waals surface area contributed by atoms with Gasteiger partial charge in [-0.15, -0.1) is 0 Å². The summed E-state index contributed by atoms with van der Waals surface area (Å²) < 4.78 is 11.8. The lowest BCUT2D eigenvalue weighted by Gasteiger charge is -2.21. The van der Waals surface area contributed by atoms with E-state index in [-0.39, 0.29) is 11.7 Å². The van der Waals surface area contributed by atoms with Crippen molar-refractivity contribution in [2.24, 2.45) is 5.92 Å². The zero-order valence-corrected chi connectivity index (χ0v) is 21.8. The maximum Gasteiger partial charge on any atom is 0.379 e. The molecule has 0 saturated carbocycles. The second kappa shape index (κ2) is 11.2. The molecule has 7 heteroatoms. The van der Waals surface area contributed by atoms with Gasteiger partial charge in [-0.3, -0.25) is 9.69 Å². The molecule has 2 heterocycles. The van der Waals surface area contributed by atoms with Crippen molar-refractivity contribution in [1.29, 1.82) is 0 Å². The van der Waals surface area contributed by atoms with Crippen LogP contribution < -0.4 is 4.74 Å².